The largest absolute Gasteiger partial charge is 0.348 e. The summed E-state index contributed by atoms with van der Waals surface area (Å²) in [6.07, 6.45) is 2.18. The van der Waals surface area contributed by atoms with Crippen molar-refractivity contribution in [1.82, 2.24) is 10.6 Å². The van der Waals surface area contributed by atoms with E-state index in [1.54, 1.807) is 11.8 Å². The Morgan fingerprint density at radius 3 is 2.61 bits per heavy atom. The number of benzene rings is 2. The van der Waals surface area contributed by atoms with Gasteiger partial charge in [-0.3, -0.25) is 4.79 Å². The van der Waals surface area contributed by atoms with Crippen LogP contribution in [0.2, 0.25) is 0 Å². The van der Waals surface area contributed by atoms with Crippen molar-refractivity contribution in [3.63, 3.8) is 0 Å². The van der Waals surface area contributed by atoms with Gasteiger partial charge in [0.05, 0.1) is 0 Å². The topological polar surface area (TPSA) is 41.1 Å². The van der Waals surface area contributed by atoms with Crippen molar-refractivity contribution in [3.05, 3.63) is 65.7 Å². The van der Waals surface area contributed by atoms with Gasteiger partial charge in [0.1, 0.15) is 0 Å². The molecule has 4 heteroatoms. The average Bonchev–Trinajstić information content (AvgIpc) is 2.62. The molecule has 1 heterocycles. The summed E-state index contributed by atoms with van der Waals surface area (Å²) in [5, 5.41) is 6.42. The number of hydrogen-bond acceptors (Lipinski definition) is 3. The fourth-order valence-electron chi connectivity index (χ4n) is 2.69. The normalized spacial score (nSPS) is 17.7. The van der Waals surface area contributed by atoms with Gasteiger partial charge in [-0.1, -0.05) is 30.3 Å². The lowest BCUT2D eigenvalue weighted by atomic mass is 10.1. The van der Waals surface area contributed by atoms with E-state index in [4.69, 9.17) is 0 Å². The zero-order valence-corrected chi connectivity index (χ0v) is 13.9. The molecular weight excluding hydrogens is 304 g/mol. The highest BCUT2D eigenvalue weighted by Crippen LogP contribution is 2.23. The minimum atomic E-state index is 0.0262. The van der Waals surface area contributed by atoms with Crippen LogP contribution in [0.4, 0.5) is 0 Å². The second-order valence-electron chi connectivity index (χ2n) is 5.82. The third-order valence-electron chi connectivity index (χ3n) is 4.00. The molecule has 0 spiro atoms. The molecule has 0 saturated carbocycles. The highest BCUT2D eigenvalue weighted by atomic mass is 32.2. The predicted octanol–water partition coefficient (Wildman–Crippen LogP) is 3.46. The first-order valence-corrected chi connectivity index (χ1v) is 9.08. The molecule has 0 aromatic heterocycles. The second kappa shape index (κ2) is 8.18. The molecule has 23 heavy (non-hydrogen) atoms. The molecule has 1 saturated heterocycles. The van der Waals surface area contributed by atoms with Gasteiger partial charge in [-0.05, 0) is 49.2 Å². The van der Waals surface area contributed by atoms with Gasteiger partial charge in [0, 0.05) is 28.8 Å². The lowest BCUT2D eigenvalue weighted by Crippen LogP contribution is -2.45. The Morgan fingerprint density at radius 1 is 1.13 bits per heavy atom. The van der Waals surface area contributed by atoms with E-state index < -0.39 is 0 Å². The van der Waals surface area contributed by atoms with Crippen LogP contribution in [-0.4, -0.2) is 25.0 Å². The molecule has 1 fully saturated rings. The summed E-state index contributed by atoms with van der Waals surface area (Å²) in [4.78, 5) is 13.4. The summed E-state index contributed by atoms with van der Waals surface area (Å²) >= 11 is 1.79. The smallest absolute Gasteiger partial charge is 0.251 e. The predicted molar refractivity (Wildman–Crippen MR) is 95.8 cm³/mol. The van der Waals surface area contributed by atoms with Crippen LogP contribution in [-0.2, 0) is 5.75 Å². The quantitative estimate of drug-likeness (QED) is 0.827. The molecule has 1 unspecified atom stereocenters. The van der Waals surface area contributed by atoms with E-state index in [-0.39, 0.29) is 11.9 Å². The van der Waals surface area contributed by atoms with Gasteiger partial charge < -0.3 is 10.6 Å². The monoisotopic (exact) mass is 326 g/mol. The first kappa shape index (κ1) is 16.1. The van der Waals surface area contributed by atoms with Crippen molar-refractivity contribution in [3.8, 4) is 0 Å². The van der Waals surface area contributed by atoms with Gasteiger partial charge >= 0.3 is 0 Å². The molecule has 0 radical (unpaired) electrons. The van der Waals surface area contributed by atoms with Crippen molar-refractivity contribution >= 4 is 17.7 Å². The molecule has 2 N–H and O–H groups in total. The van der Waals surface area contributed by atoms with E-state index in [2.05, 4.69) is 34.9 Å². The lowest BCUT2D eigenvalue weighted by Gasteiger charge is -2.23. The minimum absolute atomic E-state index is 0.0262. The van der Waals surface area contributed by atoms with Crippen LogP contribution in [0.5, 0.6) is 0 Å². The van der Waals surface area contributed by atoms with Crippen LogP contribution in [0.25, 0.3) is 0 Å². The number of nitrogens with one attached hydrogen (secondary N) is 2. The highest BCUT2D eigenvalue weighted by molar-refractivity contribution is 7.98. The van der Waals surface area contributed by atoms with Gasteiger partial charge in [-0.25, -0.2) is 0 Å². The summed E-state index contributed by atoms with van der Waals surface area (Å²) in [6, 6.07) is 18.6. The maximum absolute atomic E-state index is 12.3. The van der Waals surface area contributed by atoms with Crippen molar-refractivity contribution in [2.75, 3.05) is 13.1 Å². The van der Waals surface area contributed by atoms with E-state index in [1.165, 1.54) is 10.5 Å². The molecule has 0 bridgehead atoms. The molecule has 120 valence electrons. The van der Waals surface area contributed by atoms with E-state index >= 15 is 0 Å². The molecule has 3 rings (SSSR count). The van der Waals surface area contributed by atoms with E-state index in [9.17, 15) is 4.79 Å². The Labute approximate surface area is 141 Å². The minimum Gasteiger partial charge on any atom is -0.348 e. The Hall–Kier alpha value is -1.78. The number of carbonyl (C=O) groups excluding carboxylic acids is 1. The molecular formula is C19H22N2OS. The van der Waals surface area contributed by atoms with Gasteiger partial charge in [-0.15, -0.1) is 11.8 Å². The Bertz CT molecular complexity index is 622. The second-order valence-corrected chi connectivity index (χ2v) is 6.86. The Morgan fingerprint density at radius 2 is 1.91 bits per heavy atom. The highest BCUT2D eigenvalue weighted by Gasteiger charge is 2.16. The molecule has 2 aromatic carbocycles. The number of hydrogen-bond donors (Lipinski definition) is 2. The van der Waals surface area contributed by atoms with Gasteiger partial charge in [-0.2, -0.15) is 0 Å². The van der Waals surface area contributed by atoms with Crippen LogP contribution in [0.3, 0.4) is 0 Å². The fraction of sp³-hybridized carbons (Fsp3) is 0.316. The number of thioether (sulfide) groups is 1. The first-order valence-electron chi connectivity index (χ1n) is 8.09. The average molecular weight is 326 g/mol. The van der Waals surface area contributed by atoms with Crippen molar-refractivity contribution in [1.29, 1.82) is 0 Å². The number of piperidine rings is 1. The van der Waals surface area contributed by atoms with Crippen LogP contribution < -0.4 is 10.6 Å². The fourth-order valence-corrected chi connectivity index (χ4v) is 3.54. The molecule has 3 nitrogen and oxygen atoms in total. The van der Waals surface area contributed by atoms with Crippen LogP contribution in [0.15, 0.2) is 59.5 Å². The lowest BCUT2D eigenvalue weighted by molar-refractivity contribution is 0.0930. The third kappa shape index (κ3) is 4.85. The SMILES string of the molecule is O=C(NC1CCCNC1)c1ccc(SCc2ccccc2)cc1. The molecule has 1 atom stereocenters. The van der Waals surface area contributed by atoms with Gasteiger partial charge in [0.2, 0.25) is 0 Å². The van der Waals surface area contributed by atoms with Crippen LogP contribution >= 0.6 is 11.8 Å². The van der Waals surface area contributed by atoms with Crippen molar-refractivity contribution in [2.24, 2.45) is 0 Å². The Kier molecular flexibility index (Phi) is 5.72. The zero-order chi connectivity index (χ0) is 15.9. The molecule has 2 aromatic rings. The maximum atomic E-state index is 12.3. The zero-order valence-electron chi connectivity index (χ0n) is 13.1. The third-order valence-corrected chi connectivity index (χ3v) is 5.08. The number of rotatable bonds is 5. The maximum Gasteiger partial charge on any atom is 0.251 e. The number of amides is 1. The summed E-state index contributed by atoms with van der Waals surface area (Å²) in [6.45, 7) is 1.93. The summed E-state index contributed by atoms with van der Waals surface area (Å²) in [7, 11) is 0. The van der Waals surface area contributed by atoms with Gasteiger partial charge in [0.15, 0.2) is 0 Å². The summed E-state index contributed by atoms with van der Waals surface area (Å²) in [5.74, 6) is 0.971. The molecule has 0 aliphatic carbocycles. The van der Waals surface area contributed by atoms with E-state index in [0.29, 0.717) is 0 Å². The van der Waals surface area contributed by atoms with Crippen LogP contribution in [0.1, 0.15) is 28.8 Å². The Balaban J connectivity index is 1.52. The standard InChI is InChI=1S/C19H22N2OS/c22-19(21-17-7-4-12-20-13-17)16-8-10-18(11-9-16)23-14-15-5-2-1-3-6-15/h1-3,5-6,8-11,17,20H,4,7,12-14H2,(H,21,22). The van der Waals surface area contributed by atoms with E-state index in [1.807, 2.05) is 30.3 Å². The molecule has 1 amide bonds. The van der Waals surface area contributed by atoms with Crippen molar-refractivity contribution < 1.29 is 4.79 Å². The first-order chi connectivity index (χ1) is 11.3. The van der Waals surface area contributed by atoms with Crippen molar-refractivity contribution in [2.45, 2.75) is 29.5 Å². The molecule has 1 aliphatic heterocycles. The van der Waals surface area contributed by atoms with E-state index in [0.717, 1.165) is 37.2 Å². The summed E-state index contributed by atoms with van der Waals surface area (Å²) in [5.41, 5.74) is 2.05. The molecule has 1 aliphatic rings. The summed E-state index contributed by atoms with van der Waals surface area (Å²) < 4.78 is 0. The number of carbonyl (C=O) groups is 1. The van der Waals surface area contributed by atoms with Crippen LogP contribution in [0, 0.1) is 0 Å². The van der Waals surface area contributed by atoms with Gasteiger partial charge in [0.25, 0.3) is 5.91 Å².